The number of rotatable bonds is 6. The molecule has 0 atom stereocenters. The minimum absolute atomic E-state index is 0.534. The van der Waals surface area contributed by atoms with Crippen LogP contribution in [0.5, 0.6) is 5.75 Å². The Balaban J connectivity index is 1.76. The maximum Gasteiger partial charge on any atom is 0.187 e. The smallest absolute Gasteiger partial charge is 0.187 e. The summed E-state index contributed by atoms with van der Waals surface area (Å²) < 4.78 is 10.7. The Labute approximate surface area is 142 Å². The Kier molecular flexibility index (Phi) is 7.25. The topological polar surface area (TPSA) is 59.3 Å². The van der Waals surface area contributed by atoms with Crippen LogP contribution in [0.1, 0.15) is 12.5 Å². The van der Waals surface area contributed by atoms with Crippen molar-refractivity contribution in [3.63, 3.8) is 0 Å². The van der Waals surface area contributed by atoms with E-state index in [4.69, 9.17) is 21.7 Å². The van der Waals surface area contributed by atoms with Crippen molar-refractivity contribution in [1.82, 2.24) is 10.7 Å². The lowest BCUT2D eigenvalue weighted by Crippen LogP contribution is -3.14. The Hall–Kier alpha value is -1.70. The molecule has 126 valence electrons. The number of methoxy groups -OCH3 is 1. The Morgan fingerprint density at radius 3 is 2.83 bits per heavy atom. The summed E-state index contributed by atoms with van der Waals surface area (Å²) >= 11 is 5.26. The van der Waals surface area contributed by atoms with Crippen molar-refractivity contribution in [1.29, 1.82) is 0 Å². The Morgan fingerprint density at radius 2 is 2.09 bits per heavy atom. The zero-order valence-electron chi connectivity index (χ0n) is 13.7. The predicted molar refractivity (Wildman–Crippen MR) is 95.3 cm³/mol. The molecule has 0 saturated carbocycles. The number of hydrogen-bond acceptors (Lipinski definition) is 4. The summed E-state index contributed by atoms with van der Waals surface area (Å²) in [6.07, 6.45) is 0. The molecule has 1 aromatic carbocycles. The number of hydrazone groups is 1. The maximum atomic E-state index is 5.35. The predicted octanol–water partition coefficient (Wildman–Crippen LogP) is -0.202. The first kappa shape index (κ1) is 17.7. The number of ether oxygens (including phenoxy) is 2. The van der Waals surface area contributed by atoms with Crippen molar-refractivity contribution in [2.75, 3.05) is 46.5 Å². The molecule has 1 fully saturated rings. The zero-order valence-corrected chi connectivity index (χ0v) is 14.5. The number of hydrogen-bond donors (Lipinski definition) is 3. The first-order valence-electron chi connectivity index (χ1n) is 7.83. The van der Waals surface area contributed by atoms with Gasteiger partial charge in [0.15, 0.2) is 5.11 Å². The molecule has 1 aliphatic rings. The number of morpholine rings is 1. The van der Waals surface area contributed by atoms with Crippen molar-refractivity contribution in [2.45, 2.75) is 6.92 Å². The molecule has 2 rings (SSSR count). The highest BCUT2D eigenvalue weighted by atomic mass is 32.1. The second-order valence-corrected chi connectivity index (χ2v) is 5.79. The normalized spacial score (nSPS) is 16.0. The lowest BCUT2D eigenvalue weighted by atomic mass is 10.1. The van der Waals surface area contributed by atoms with Gasteiger partial charge in [-0.05, 0) is 31.3 Å². The van der Waals surface area contributed by atoms with Crippen LogP contribution in [0.25, 0.3) is 0 Å². The zero-order chi connectivity index (χ0) is 16.5. The van der Waals surface area contributed by atoms with Gasteiger partial charge in [-0.15, -0.1) is 0 Å². The van der Waals surface area contributed by atoms with Crippen LogP contribution in [0.15, 0.2) is 29.4 Å². The molecule has 0 spiro atoms. The van der Waals surface area contributed by atoms with Gasteiger partial charge in [0.2, 0.25) is 0 Å². The molecule has 1 aliphatic heterocycles. The van der Waals surface area contributed by atoms with Crippen LogP contribution in [0.3, 0.4) is 0 Å². The lowest BCUT2D eigenvalue weighted by Gasteiger charge is -2.23. The van der Waals surface area contributed by atoms with Gasteiger partial charge in [0, 0.05) is 5.56 Å². The largest absolute Gasteiger partial charge is 0.496 e. The van der Waals surface area contributed by atoms with Crippen LogP contribution in [-0.2, 0) is 4.74 Å². The molecular weight excluding hydrogens is 312 g/mol. The molecule has 0 bridgehead atoms. The number of quaternary nitrogens is 1. The van der Waals surface area contributed by atoms with Gasteiger partial charge in [-0.1, -0.05) is 12.1 Å². The first-order valence-corrected chi connectivity index (χ1v) is 8.24. The van der Waals surface area contributed by atoms with E-state index in [0.717, 1.165) is 56.4 Å². The van der Waals surface area contributed by atoms with E-state index in [-0.39, 0.29) is 0 Å². The summed E-state index contributed by atoms with van der Waals surface area (Å²) in [6, 6.07) is 7.77. The lowest BCUT2D eigenvalue weighted by molar-refractivity contribution is -0.906. The fourth-order valence-corrected chi connectivity index (χ4v) is 2.59. The van der Waals surface area contributed by atoms with E-state index < -0.39 is 0 Å². The monoisotopic (exact) mass is 337 g/mol. The highest BCUT2D eigenvalue weighted by molar-refractivity contribution is 7.80. The molecule has 0 amide bonds. The van der Waals surface area contributed by atoms with E-state index >= 15 is 0 Å². The quantitative estimate of drug-likeness (QED) is 0.381. The Morgan fingerprint density at radius 1 is 1.35 bits per heavy atom. The average Bonchev–Trinajstić information content (AvgIpc) is 2.60. The standard InChI is InChI=1S/C16H24N4O2S/c1-13(14-5-3-4-6-15(14)21-2)18-19-16(23)17-7-8-20-9-11-22-12-10-20/h3-6H,7-12H2,1-2H3,(H2,17,19,23)/p+1/b18-13-. The van der Waals surface area contributed by atoms with Gasteiger partial charge in [-0.2, -0.15) is 5.10 Å². The summed E-state index contributed by atoms with van der Waals surface area (Å²) in [5.41, 5.74) is 4.66. The molecule has 23 heavy (non-hydrogen) atoms. The molecule has 6 nitrogen and oxygen atoms in total. The summed E-state index contributed by atoms with van der Waals surface area (Å²) in [5, 5.41) is 8.04. The molecule has 1 heterocycles. The third-order valence-electron chi connectivity index (χ3n) is 3.79. The van der Waals surface area contributed by atoms with Crippen LogP contribution in [0.4, 0.5) is 0 Å². The molecule has 1 aromatic rings. The minimum atomic E-state index is 0.534. The fourth-order valence-electron chi connectivity index (χ4n) is 2.44. The third kappa shape index (κ3) is 5.78. The molecular formula is C16H25N4O2S+. The van der Waals surface area contributed by atoms with E-state index in [0.29, 0.717) is 5.11 Å². The molecule has 0 aliphatic carbocycles. The molecule has 0 aromatic heterocycles. The SMILES string of the molecule is COc1ccccc1/C(C)=N\NC(=S)NCC[NH+]1CCOCC1. The number of nitrogens with zero attached hydrogens (tertiary/aromatic N) is 1. The number of thiocarbonyl (C=S) groups is 1. The number of nitrogens with one attached hydrogen (secondary N) is 3. The number of para-hydroxylation sites is 1. The van der Waals surface area contributed by atoms with Gasteiger partial charge in [0.25, 0.3) is 0 Å². The van der Waals surface area contributed by atoms with Gasteiger partial charge >= 0.3 is 0 Å². The maximum absolute atomic E-state index is 5.35. The molecule has 1 saturated heterocycles. The van der Waals surface area contributed by atoms with E-state index in [1.165, 1.54) is 0 Å². The summed E-state index contributed by atoms with van der Waals surface area (Å²) in [4.78, 5) is 1.54. The Bertz CT molecular complexity index is 545. The second kappa shape index (κ2) is 9.44. The van der Waals surface area contributed by atoms with E-state index in [1.54, 1.807) is 12.0 Å². The molecule has 7 heteroatoms. The van der Waals surface area contributed by atoms with Crippen molar-refractivity contribution in [3.8, 4) is 5.75 Å². The van der Waals surface area contributed by atoms with Crippen molar-refractivity contribution < 1.29 is 14.4 Å². The van der Waals surface area contributed by atoms with Crippen LogP contribution >= 0.6 is 12.2 Å². The summed E-state index contributed by atoms with van der Waals surface area (Å²) in [7, 11) is 1.65. The van der Waals surface area contributed by atoms with Crippen molar-refractivity contribution in [3.05, 3.63) is 29.8 Å². The van der Waals surface area contributed by atoms with Crippen molar-refractivity contribution >= 4 is 23.0 Å². The third-order valence-corrected chi connectivity index (χ3v) is 4.02. The van der Waals surface area contributed by atoms with Gasteiger partial charge < -0.3 is 19.7 Å². The summed E-state index contributed by atoms with van der Waals surface area (Å²) in [5.74, 6) is 0.797. The van der Waals surface area contributed by atoms with Gasteiger partial charge in [0.1, 0.15) is 18.8 Å². The highest BCUT2D eigenvalue weighted by Crippen LogP contribution is 2.17. The average molecular weight is 337 g/mol. The van der Waals surface area contributed by atoms with Crippen LogP contribution in [0, 0.1) is 0 Å². The molecule has 0 radical (unpaired) electrons. The molecule has 0 unspecified atom stereocenters. The van der Waals surface area contributed by atoms with Gasteiger partial charge in [-0.25, -0.2) is 0 Å². The van der Waals surface area contributed by atoms with Crippen LogP contribution in [-0.4, -0.2) is 57.3 Å². The van der Waals surface area contributed by atoms with E-state index in [9.17, 15) is 0 Å². The van der Waals surface area contributed by atoms with Gasteiger partial charge in [0.05, 0.1) is 39.1 Å². The second-order valence-electron chi connectivity index (χ2n) is 5.38. The fraction of sp³-hybridized carbons (Fsp3) is 0.500. The van der Waals surface area contributed by atoms with Crippen LogP contribution < -0.4 is 20.4 Å². The van der Waals surface area contributed by atoms with Crippen molar-refractivity contribution in [2.24, 2.45) is 5.10 Å². The number of benzene rings is 1. The van der Waals surface area contributed by atoms with E-state index in [2.05, 4.69) is 15.8 Å². The summed E-state index contributed by atoms with van der Waals surface area (Å²) in [6.45, 7) is 7.59. The highest BCUT2D eigenvalue weighted by Gasteiger charge is 2.12. The van der Waals surface area contributed by atoms with E-state index in [1.807, 2.05) is 31.2 Å². The minimum Gasteiger partial charge on any atom is -0.496 e. The van der Waals surface area contributed by atoms with Crippen LogP contribution in [0.2, 0.25) is 0 Å². The molecule has 3 N–H and O–H groups in total. The van der Waals surface area contributed by atoms with Gasteiger partial charge in [-0.3, -0.25) is 5.43 Å². The first-order chi connectivity index (χ1) is 11.2.